The molecular weight excluding hydrogens is 454 g/mol. The van der Waals surface area contributed by atoms with Crippen molar-refractivity contribution in [1.29, 1.82) is 0 Å². The quantitative estimate of drug-likeness (QED) is 0.287. The smallest absolute Gasteiger partial charge is 0.325 e. The lowest BCUT2D eigenvalue weighted by molar-refractivity contribution is -0.909. The van der Waals surface area contributed by atoms with Gasteiger partial charge in [-0.3, -0.25) is 19.7 Å². The first-order valence-corrected chi connectivity index (χ1v) is 12.6. The molecule has 3 heterocycles. The number of carbonyl (C=O) groups excluding carboxylic acids is 1. The Morgan fingerprint density at radius 3 is 2.64 bits per heavy atom. The molecule has 1 amide bonds. The first kappa shape index (κ1) is 22.7. The van der Waals surface area contributed by atoms with Crippen LogP contribution in [-0.4, -0.2) is 36.6 Å². The highest BCUT2D eigenvalue weighted by Gasteiger charge is 2.45. The van der Waals surface area contributed by atoms with Gasteiger partial charge in [-0.05, 0) is 74.8 Å². The van der Waals surface area contributed by atoms with Crippen LogP contribution in [0.15, 0.2) is 60.9 Å². The number of amides is 1. The molecule has 0 atom stereocenters. The molecule has 2 aliphatic rings. The molecule has 0 radical (unpaired) electrons. The molecule has 4 aromatic rings. The minimum Gasteiger partial charge on any atom is -0.390 e. The van der Waals surface area contributed by atoms with E-state index >= 15 is 0 Å². The molecule has 6 rings (SSSR count). The third-order valence-corrected chi connectivity index (χ3v) is 7.77. The van der Waals surface area contributed by atoms with Crippen LogP contribution >= 0.6 is 0 Å². The Morgan fingerprint density at radius 1 is 1.11 bits per heavy atom. The minimum absolute atomic E-state index is 0.142. The number of hydrogen-bond donors (Lipinski definition) is 3. The maximum atomic E-state index is 13.1. The van der Waals surface area contributed by atoms with Crippen LogP contribution in [0.4, 0.5) is 5.69 Å². The zero-order valence-electron chi connectivity index (χ0n) is 20.3. The van der Waals surface area contributed by atoms with Crippen molar-refractivity contribution < 1.29 is 19.8 Å². The predicted octanol–water partition coefficient (Wildman–Crippen LogP) is 4.44. The van der Waals surface area contributed by atoms with Crippen LogP contribution < -0.4 is 10.0 Å². The summed E-state index contributed by atoms with van der Waals surface area (Å²) in [5.74, 6) is 0.0602. The highest BCUT2D eigenvalue weighted by atomic mass is 16.5. The second-order valence-electron chi connectivity index (χ2n) is 10.2. The Morgan fingerprint density at radius 2 is 1.92 bits per heavy atom. The molecule has 0 unspecified atom stereocenters. The van der Waals surface area contributed by atoms with E-state index in [0.29, 0.717) is 17.3 Å². The number of aliphatic hydroxyl groups is 1. The zero-order chi connectivity index (χ0) is 24.9. The summed E-state index contributed by atoms with van der Waals surface area (Å²) >= 11 is 0. The molecule has 1 aromatic carbocycles. The van der Waals surface area contributed by atoms with Crippen LogP contribution in [0.2, 0.25) is 0 Å². The maximum Gasteiger partial charge on any atom is 0.325 e. The number of nitrogens with one attached hydrogen (secondary N) is 1. The van der Waals surface area contributed by atoms with Crippen LogP contribution in [0.25, 0.3) is 22.2 Å². The molecule has 3 aromatic heterocycles. The van der Waals surface area contributed by atoms with Crippen molar-refractivity contribution in [3.05, 3.63) is 72.3 Å². The van der Waals surface area contributed by atoms with E-state index in [2.05, 4.69) is 10.3 Å². The van der Waals surface area contributed by atoms with Crippen molar-refractivity contribution in [3.63, 3.8) is 0 Å². The van der Waals surface area contributed by atoms with Gasteiger partial charge < -0.3 is 10.4 Å². The molecule has 2 fully saturated rings. The number of nitrogens with zero attached hydrogens (tertiary/aromatic N) is 4. The van der Waals surface area contributed by atoms with Crippen molar-refractivity contribution in [1.82, 2.24) is 14.8 Å². The van der Waals surface area contributed by atoms with Gasteiger partial charge in [-0.2, -0.15) is 5.10 Å². The van der Waals surface area contributed by atoms with E-state index in [4.69, 9.17) is 5.10 Å². The van der Waals surface area contributed by atoms with Gasteiger partial charge in [0.25, 0.3) is 0 Å². The van der Waals surface area contributed by atoms with Crippen molar-refractivity contribution >= 4 is 22.5 Å². The molecule has 0 spiro atoms. The van der Waals surface area contributed by atoms with Gasteiger partial charge in [-0.1, -0.05) is 6.07 Å². The Hall–Kier alpha value is -3.78. The van der Waals surface area contributed by atoms with E-state index in [1.54, 1.807) is 31.3 Å². The molecule has 0 saturated heterocycles. The molecule has 36 heavy (non-hydrogen) atoms. The molecule has 2 aliphatic carbocycles. The highest BCUT2D eigenvalue weighted by molar-refractivity contribution is 6.06. The summed E-state index contributed by atoms with van der Waals surface area (Å²) in [4.78, 5) is 17.6. The Kier molecular flexibility index (Phi) is 5.48. The molecule has 0 bridgehead atoms. The van der Waals surface area contributed by atoms with Crippen LogP contribution in [0, 0.1) is 12.8 Å². The first-order chi connectivity index (χ1) is 17.4. The Labute approximate surface area is 209 Å². The van der Waals surface area contributed by atoms with Crippen molar-refractivity contribution in [2.45, 2.75) is 57.1 Å². The Balaban J connectivity index is 1.34. The van der Waals surface area contributed by atoms with Gasteiger partial charge in [0.2, 0.25) is 5.69 Å². The highest BCUT2D eigenvalue weighted by Crippen LogP contribution is 2.49. The average Bonchev–Trinajstić information content (AvgIpc) is 3.67. The molecule has 184 valence electrons. The summed E-state index contributed by atoms with van der Waals surface area (Å²) in [6.07, 6.45) is 9.48. The zero-order valence-corrected chi connectivity index (χ0v) is 20.3. The summed E-state index contributed by atoms with van der Waals surface area (Å²) in [7, 11) is 0. The normalized spacial score (nSPS) is 22.0. The third-order valence-electron chi connectivity index (χ3n) is 7.77. The van der Waals surface area contributed by atoms with Crippen LogP contribution in [0.3, 0.4) is 0 Å². The molecule has 8 nitrogen and oxygen atoms in total. The second-order valence-corrected chi connectivity index (χ2v) is 10.2. The fourth-order valence-corrected chi connectivity index (χ4v) is 5.48. The number of aryl methyl sites for hydroxylation is 1. The topological polar surface area (TPSA) is 104 Å². The van der Waals surface area contributed by atoms with Crippen LogP contribution in [0.5, 0.6) is 0 Å². The maximum absolute atomic E-state index is 13.1. The lowest BCUT2D eigenvalue weighted by Crippen LogP contribution is -2.42. The van der Waals surface area contributed by atoms with Gasteiger partial charge in [0.1, 0.15) is 0 Å². The van der Waals surface area contributed by atoms with E-state index in [1.807, 2.05) is 41.2 Å². The fourth-order valence-electron chi connectivity index (χ4n) is 5.48. The molecule has 0 aliphatic heterocycles. The monoisotopic (exact) mass is 484 g/mol. The molecule has 3 N–H and O–H groups in total. The van der Waals surface area contributed by atoms with Crippen molar-refractivity contribution in [3.8, 4) is 11.3 Å². The number of fused-ring (bicyclic) bond motifs is 1. The van der Waals surface area contributed by atoms with E-state index in [9.17, 15) is 15.1 Å². The van der Waals surface area contributed by atoms with Crippen molar-refractivity contribution in [2.75, 3.05) is 5.32 Å². The molecule has 2 saturated carbocycles. The standard InChI is InChI=1S/C28H29N5O3/c1-18-5-4-7-26(33(18)36)27(34)30-25-15-19-17-32(21-10-12-28(35,13-11-21)20-8-9-20)31-24(19)16-22(25)23-6-2-3-14-29-23/h2-7,14-17,20-21,35H,8-13H2,1H3,(H-,30,34,36)/p+1/t21-,28-. The number of pyridine rings is 2. The molecular formula is C28H30N5O3+. The van der Waals surface area contributed by atoms with Gasteiger partial charge in [-0.15, -0.1) is 0 Å². The van der Waals surface area contributed by atoms with Gasteiger partial charge in [-0.25, -0.2) is 0 Å². The predicted molar refractivity (Wildman–Crippen MR) is 135 cm³/mol. The van der Waals surface area contributed by atoms with E-state index in [1.165, 1.54) is 0 Å². The van der Waals surface area contributed by atoms with E-state index < -0.39 is 11.5 Å². The lowest BCUT2D eigenvalue weighted by Gasteiger charge is -2.36. The first-order valence-electron chi connectivity index (χ1n) is 12.6. The lowest BCUT2D eigenvalue weighted by atomic mass is 9.79. The fraction of sp³-hybridized carbons (Fsp3) is 0.357. The van der Waals surface area contributed by atoms with E-state index in [0.717, 1.165) is 65.4 Å². The summed E-state index contributed by atoms with van der Waals surface area (Å²) in [5.41, 5.74) is 3.10. The van der Waals surface area contributed by atoms with Gasteiger partial charge in [0.05, 0.1) is 28.5 Å². The number of hydrogen-bond acceptors (Lipinski definition) is 5. The summed E-state index contributed by atoms with van der Waals surface area (Å²) < 4.78 is 2.91. The number of anilines is 1. The van der Waals surface area contributed by atoms with Gasteiger partial charge >= 0.3 is 11.6 Å². The SMILES string of the molecule is Cc1cccc(C(=O)Nc2cc3cn([C@H]4CC[C@@](O)(C5CC5)CC4)nc3cc2-c2ccccn2)[n+]1O. The average molecular weight is 485 g/mol. The minimum atomic E-state index is -0.494. The Bertz CT molecular complexity index is 1440. The summed E-state index contributed by atoms with van der Waals surface area (Å²) in [5, 5.41) is 30.0. The summed E-state index contributed by atoms with van der Waals surface area (Å²) in [6.45, 7) is 1.73. The van der Waals surface area contributed by atoms with Crippen molar-refractivity contribution in [2.24, 2.45) is 5.92 Å². The van der Waals surface area contributed by atoms with Gasteiger partial charge in [0.15, 0.2) is 0 Å². The largest absolute Gasteiger partial charge is 0.390 e. The number of rotatable bonds is 5. The molecule has 8 heteroatoms. The number of carbonyl (C=O) groups is 1. The van der Waals surface area contributed by atoms with Gasteiger partial charge in [0, 0.05) is 47.1 Å². The second kappa shape index (κ2) is 8.71. The third kappa shape index (κ3) is 4.11. The number of aromatic nitrogens is 4. The van der Waals surface area contributed by atoms with Crippen LogP contribution in [-0.2, 0) is 0 Å². The van der Waals surface area contributed by atoms with Crippen LogP contribution in [0.1, 0.15) is 60.7 Å². The summed E-state index contributed by atoms with van der Waals surface area (Å²) in [6, 6.07) is 14.8. The number of benzene rings is 1. The van der Waals surface area contributed by atoms with E-state index in [-0.39, 0.29) is 11.7 Å².